The fourth-order valence-electron chi connectivity index (χ4n) is 1.95. The molecule has 2 rings (SSSR count). The van der Waals surface area contributed by atoms with Gasteiger partial charge < -0.3 is 19.2 Å². The monoisotopic (exact) mass is 239 g/mol. The van der Waals surface area contributed by atoms with Crippen LogP contribution in [0.3, 0.4) is 0 Å². The van der Waals surface area contributed by atoms with E-state index < -0.39 is 0 Å². The second-order valence-corrected chi connectivity index (χ2v) is 4.27. The number of aryl methyl sites for hydroxylation is 1. The molecule has 1 aromatic rings. The van der Waals surface area contributed by atoms with Crippen LogP contribution in [0.15, 0.2) is 16.7 Å². The highest BCUT2D eigenvalue weighted by Crippen LogP contribution is 2.15. The van der Waals surface area contributed by atoms with Gasteiger partial charge in [-0.1, -0.05) is 0 Å². The average Bonchev–Trinajstić information content (AvgIpc) is 2.63. The maximum atomic E-state index is 12.2. The molecule has 0 aliphatic carbocycles. The highest BCUT2D eigenvalue weighted by Gasteiger charge is 2.24. The molecule has 0 bridgehead atoms. The largest absolute Gasteiger partial charge is 0.469 e. The topological polar surface area (TPSA) is 62.9 Å². The third-order valence-corrected chi connectivity index (χ3v) is 2.97. The molecule has 1 aromatic heterocycles. The molecule has 1 aliphatic heterocycles. The first-order valence-electron chi connectivity index (χ1n) is 5.74. The van der Waals surface area contributed by atoms with Crippen molar-refractivity contribution < 1.29 is 19.1 Å². The number of ether oxygens (including phenoxy) is 1. The molecular weight excluding hydrogens is 222 g/mol. The molecule has 17 heavy (non-hydrogen) atoms. The van der Waals surface area contributed by atoms with Crippen LogP contribution in [0.25, 0.3) is 0 Å². The van der Waals surface area contributed by atoms with E-state index in [9.17, 15) is 4.79 Å². The number of aliphatic hydroxyl groups is 1. The van der Waals surface area contributed by atoms with Gasteiger partial charge in [0.05, 0.1) is 25.0 Å². The van der Waals surface area contributed by atoms with E-state index >= 15 is 0 Å². The maximum absolute atomic E-state index is 12.2. The Balaban J connectivity index is 2.10. The number of aliphatic hydroxyl groups excluding tert-OH is 1. The summed E-state index contributed by atoms with van der Waals surface area (Å²) in [5.74, 6) is 0.564. The summed E-state index contributed by atoms with van der Waals surface area (Å²) >= 11 is 0. The Bertz CT molecular complexity index is 388. The molecule has 94 valence electrons. The number of rotatable bonds is 2. The molecule has 1 unspecified atom stereocenters. The number of hydrogen-bond acceptors (Lipinski definition) is 4. The molecular formula is C12H17NO4. The van der Waals surface area contributed by atoms with Crippen molar-refractivity contribution in [2.75, 3.05) is 32.9 Å². The summed E-state index contributed by atoms with van der Waals surface area (Å²) in [6.07, 6.45) is 1.51. The van der Waals surface area contributed by atoms with E-state index in [1.54, 1.807) is 17.9 Å². The van der Waals surface area contributed by atoms with E-state index in [0.29, 0.717) is 37.6 Å². The number of amides is 1. The van der Waals surface area contributed by atoms with Gasteiger partial charge in [-0.25, -0.2) is 0 Å². The Morgan fingerprint density at radius 3 is 3.12 bits per heavy atom. The second-order valence-electron chi connectivity index (χ2n) is 4.27. The van der Waals surface area contributed by atoms with Crippen LogP contribution in [0, 0.1) is 12.8 Å². The minimum Gasteiger partial charge on any atom is -0.469 e. The molecule has 0 spiro atoms. The van der Waals surface area contributed by atoms with Crippen LogP contribution in [0.2, 0.25) is 0 Å². The summed E-state index contributed by atoms with van der Waals surface area (Å²) in [4.78, 5) is 13.9. The van der Waals surface area contributed by atoms with Gasteiger partial charge >= 0.3 is 0 Å². The SMILES string of the molecule is Cc1occc1C(=O)N1CCOCC(CO)C1. The number of nitrogens with zero attached hydrogens (tertiary/aromatic N) is 1. The fourth-order valence-corrected chi connectivity index (χ4v) is 1.95. The second kappa shape index (κ2) is 5.33. The molecule has 0 aromatic carbocycles. The van der Waals surface area contributed by atoms with Crippen LogP contribution in [0.4, 0.5) is 0 Å². The van der Waals surface area contributed by atoms with Crippen molar-refractivity contribution in [2.45, 2.75) is 6.92 Å². The van der Waals surface area contributed by atoms with Crippen LogP contribution in [0.5, 0.6) is 0 Å². The van der Waals surface area contributed by atoms with Crippen molar-refractivity contribution in [3.8, 4) is 0 Å². The van der Waals surface area contributed by atoms with Gasteiger partial charge in [0, 0.05) is 25.6 Å². The van der Waals surface area contributed by atoms with Crippen LogP contribution in [0.1, 0.15) is 16.1 Å². The Morgan fingerprint density at radius 2 is 2.47 bits per heavy atom. The number of carbonyl (C=O) groups excluding carboxylic acids is 1. The molecule has 0 radical (unpaired) electrons. The Morgan fingerprint density at radius 1 is 1.65 bits per heavy atom. The molecule has 1 atom stereocenters. The molecule has 1 amide bonds. The fraction of sp³-hybridized carbons (Fsp3) is 0.583. The first-order valence-corrected chi connectivity index (χ1v) is 5.74. The van der Waals surface area contributed by atoms with E-state index in [-0.39, 0.29) is 18.4 Å². The third-order valence-electron chi connectivity index (χ3n) is 2.97. The maximum Gasteiger partial charge on any atom is 0.257 e. The number of furan rings is 1. The van der Waals surface area contributed by atoms with Crippen LogP contribution in [-0.4, -0.2) is 48.8 Å². The van der Waals surface area contributed by atoms with Crippen molar-refractivity contribution in [2.24, 2.45) is 5.92 Å². The molecule has 1 N–H and O–H groups in total. The zero-order chi connectivity index (χ0) is 12.3. The number of carbonyl (C=O) groups is 1. The lowest BCUT2D eigenvalue weighted by Gasteiger charge is -2.22. The van der Waals surface area contributed by atoms with Gasteiger partial charge in [0.25, 0.3) is 5.91 Å². The minimum atomic E-state index is -0.0554. The van der Waals surface area contributed by atoms with Crippen molar-refractivity contribution in [3.63, 3.8) is 0 Å². The van der Waals surface area contributed by atoms with Gasteiger partial charge in [-0.2, -0.15) is 0 Å². The van der Waals surface area contributed by atoms with Crippen LogP contribution in [-0.2, 0) is 4.74 Å². The summed E-state index contributed by atoms with van der Waals surface area (Å²) in [5.41, 5.74) is 0.587. The molecule has 5 heteroatoms. The Labute approximate surface area is 100.0 Å². The van der Waals surface area contributed by atoms with Gasteiger partial charge in [-0.05, 0) is 13.0 Å². The normalized spacial score (nSPS) is 21.3. The molecule has 5 nitrogen and oxygen atoms in total. The summed E-state index contributed by atoms with van der Waals surface area (Å²) in [7, 11) is 0. The van der Waals surface area contributed by atoms with E-state index in [4.69, 9.17) is 14.3 Å². The lowest BCUT2D eigenvalue weighted by molar-refractivity contribution is 0.0726. The molecule has 1 saturated heterocycles. The molecule has 2 heterocycles. The predicted molar refractivity (Wildman–Crippen MR) is 60.7 cm³/mol. The van der Waals surface area contributed by atoms with Gasteiger partial charge in [0.1, 0.15) is 5.76 Å². The Hall–Kier alpha value is -1.33. The van der Waals surface area contributed by atoms with E-state index in [1.165, 1.54) is 6.26 Å². The highest BCUT2D eigenvalue weighted by atomic mass is 16.5. The van der Waals surface area contributed by atoms with Gasteiger partial charge in [-0.3, -0.25) is 4.79 Å². The van der Waals surface area contributed by atoms with E-state index in [0.717, 1.165) is 0 Å². The zero-order valence-corrected chi connectivity index (χ0v) is 9.89. The van der Waals surface area contributed by atoms with Gasteiger partial charge in [0.2, 0.25) is 0 Å². The smallest absolute Gasteiger partial charge is 0.257 e. The quantitative estimate of drug-likeness (QED) is 0.824. The van der Waals surface area contributed by atoms with Crippen molar-refractivity contribution in [3.05, 3.63) is 23.7 Å². The van der Waals surface area contributed by atoms with Crippen molar-refractivity contribution in [1.82, 2.24) is 4.90 Å². The van der Waals surface area contributed by atoms with E-state index in [2.05, 4.69) is 0 Å². The van der Waals surface area contributed by atoms with Crippen LogP contribution < -0.4 is 0 Å². The predicted octanol–water partition coefficient (Wildman–Crippen LogP) is 0.669. The van der Waals surface area contributed by atoms with Crippen molar-refractivity contribution in [1.29, 1.82) is 0 Å². The highest BCUT2D eigenvalue weighted by molar-refractivity contribution is 5.95. The molecule has 1 aliphatic rings. The first-order chi connectivity index (χ1) is 8.22. The summed E-state index contributed by atoms with van der Waals surface area (Å²) in [5, 5.41) is 9.16. The average molecular weight is 239 g/mol. The van der Waals surface area contributed by atoms with Crippen molar-refractivity contribution >= 4 is 5.91 Å². The van der Waals surface area contributed by atoms with Gasteiger partial charge in [-0.15, -0.1) is 0 Å². The number of hydrogen-bond donors (Lipinski definition) is 1. The third kappa shape index (κ3) is 2.68. The minimum absolute atomic E-state index is 0.00587. The standard InChI is InChI=1S/C12H17NO4/c1-9-11(2-4-17-9)12(15)13-3-5-16-8-10(6-13)7-14/h2,4,10,14H,3,5-8H2,1H3. The zero-order valence-electron chi connectivity index (χ0n) is 9.89. The lowest BCUT2D eigenvalue weighted by Crippen LogP contribution is -2.36. The summed E-state index contributed by atoms with van der Waals surface area (Å²) < 4.78 is 10.5. The van der Waals surface area contributed by atoms with Gasteiger partial charge in [0.15, 0.2) is 0 Å². The molecule has 0 saturated carbocycles. The van der Waals surface area contributed by atoms with Crippen LogP contribution >= 0.6 is 0 Å². The lowest BCUT2D eigenvalue weighted by atomic mass is 10.1. The summed E-state index contributed by atoms with van der Waals surface area (Å²) in [6, 6.07) is 1.68. The Kier molecular flexibility index (Phi) is 3.81. The summed E-state index contributed by atoms with van der Waals surface area (Å²) in [6.45, 7) is 3.91. The van der Waals surface area contributed by atoms with E-state index in [1.807, 2.05) is 0 Å². The first kappa shape index (κ1) is 12.1. The molecule has 1 fully saturated rings.